The van der Waals surface area contributed by atoms with E-state index in [1.165, 1.54) is 116 Å². The van der Waals surface area contributed by atoms with Crippen LogP contribution in [0.2, 0.25) is 0 Å². The molecule has 0 aliphatic carbocycles. The van der Waals surface area contributed by atoms with Crippen LogP contribution in [0.1, 0.15) is 181 Å². The monoisotopic (exact) mass is 689 g/mol. The number of phosphoric acid groups is 1. The number of nitrogens with one attached hydrogen (secondary N) is 1. The minimum atomic E-state index is -4.40. The average molecular weight is 690 g/mol. The highest BCUT2D eigenvalue weighted by molar-refractivity contribution is 7.47. The molecule has 0 heterocycles. The predicted molar refractivity (Wildman–Crippen MR) is 192 cm³/mol. The SMILES string of the molecule is CCCCCCCC/C=C\CCCCCCCCCC(=O)NCCOP(=O)(O)OCC(O)COC(=O)CCCCCCCCCCC. The molecule has 0 spiro atoms. The van der Waals surface area contributed by atoms with E-state index >= 15 is 0 Å². The lowest BCUT2D eigenvalue weighted by molar-refractivity contribution is -0.147. The van der Waals surface area contributed by atoms with E-state index in [1.54, 1.807) is 0 Å². The van der Waals surface area contributed by atoms with Gasteiger partial charge in [-0.05, 0) is 38.5 Å². The van der Waals surface area contributed by atoms with Gasteiger partial charge in [0.2, 0.25) is 5.91 Å². The summed E-state index contributed by atoms with van der Waals surface area (Å²) in [6, 6.07) is 0. The van der Waals surface area contributed by atoms with Crippen LogP contribution in [0.3, 0.4) is 0 Å². The number of carbonyl (C=O) groups is 2. The molecule has 0 saturated carbocycles. The zero-order valence-corrected chi connectivity index (χ0v) is 31.1. The van der Waals surface area contributed by atoms with E-state index in [9.17, 15) is 24.2 Å². The van der Waals surface area contributed by atoms with Gasteiger partial charge in [-0.25, -0.2) is 4.57 Å². The van der Waals surface area contributed by atoms with Crippen molar-refractivity contribution in [3.8, 4) is 0 Å². The van der Waals surface area contributed by atoms with E-state index in [0.717, 1.165) is 38.5 Å². The first kappa shape index (κ1) is 45.8. The standard InChI is InChI=1S/C37H72NO8P/c1-3-5-7-9-11-13-14-15-16-17-18-19-20-22-23-25-27-29-36(40)38-31-32-45-47(42,43)46-34-35(39)33-44-37(41)30-28-26-24-21-12-10-8-6-4-2/h15-16,35,39H,3-14,17-34H2,1-2H3,(H,38,40)(H,42,43)/b16-15-. The number of amides is 1. The Kier molecular flexibility index (Phi) is 33.7. The van der Waals surface area contributed by atoms with Crippen LogP contribution in [0, 0.1) is 0 Å². The van der Waals surface area contributed by atoms with Crippen molar-refractivity contribution in [2.45, 2.75) is 187 Å². The molecule has 0 aliphatic rings. The number of ether oxygens (including phenoxy) is 1. The Morgan fingerprint density at radius 3 is 1.60 bits per heavy atom. The minimum absolute atomic E-state index is 0.0825. The molecule has 0 aromatic heterocycles. The van der Waals surface area contributed by atoms with E-state index in [4.69, 9.17) is 13.8 Å². The molecule has 9 nitrogen and oxygen atoms in total. The van der Waals surface area contributed by atoms with Gasteiger partial charge in [0.1, 0.15) is 12.7 Å². The molecule has 0 saturated heterocycles. The Bertz CT molecular complexity index is 794. The van der Waals surface area contributed by atoms with Crippen molar-refractivity contribution < 1.29 is 37.9 Å². The molecular formula is C37H72NO8P. The van der Waals surface area contributed by atoms with Crippen LogP contribution in [0.15, 0.2) is 12.2 Å². The molecule has 0 fully saturated rings. The Labute approximate surface area is 288 Å². The molecule has 10 heteroatoms. The number of unbranched alkanes of at least 4 members (excludes halogenated alkanes) is 21. The van der Waals surface area contributed by atoms with Gasteiger partial charge in [-0.1, -0.05) is 142 Å². The van der Waals surface area contributed by atoms with Crippen LogP contribution in [0.4, 0.5) is 0 Å². The number of esters is 1. The maximum atomic E-state index is 12.0. The third-order valence-corrected chi connectivity index (χ3v) is 9.18. The molecule has 3 N–H and O–H groups in total. The first-order chi connectivity index (χ1) is 22.8. The van der Waals surface area contributed by atoms with Crippen molar-refractivity contribution in [3.05, 3.63) is 12.2 Å². The molecule has 2 unspecified atom stereocenters. The second kappa shape index (κ2) is 34.6. The van der Waals surface area contributed by atoms with Crippen LogP contribution >= 0.6 is 7.82 Å². The van der Waals surface area contributed by atoms with Crippen LogP contribution < -0.4 is 5.32 Å². The summed E-state index contributed by atoms with van der Waals surface area (Å²) >= 11 is 0. The fourth-order valence-electron chi connectivity index (χ4n) is 5.26. The van der Waals surface area contributed by atoms with Crippen molar-refractivity contribution in [2.75, 3.05) is 26.4 Å². The maximum absolute atomic E-state index is 12.0. The number of carbonyl (C=O) groups excluding carboxylic acids is 2. The average Bonchev–Trinajstić information content (AvgIpc) is 3.05. The topological polar surface area (TPSA) is 131 Å². The number of rotatable bonds is 36. The summed E-state index contributed by atoms with van der Waals surface area (Å²) in [5, 5.41) is 12.6. The number of phosphoric ester groups is 1. The maximum Gasteiger partial charge on any atom is 0.472 e. The fraction of sp³-hybridized carbons (Fsp3) is 0.892. The third-order valence-electron chi connectivity index (χ3n) is 8.20. The highest BCUT2D eigenvalue weighted by Crippen LogP contribution is 2.42. The summed E-state index contributed by atoms with van der Waals surface area (Å²) < 4.78 is 26.7. The number of allylic oxidation sites excluding steroid dienone is 2. The van der Waals surface area contributed by atoms with E-state index < -0.39 is 26.5 Å². The van der Waals surface area contributed by atoms with Crippen molar-refractivity contribution in [1.82, 2.24) is 5.32 Å². The first-order valence-corrected chi connectivity index (χ1v) is 20.7. The molecule has 0 aliphatic heterocycles. The van der Waals surface area contributed by atoms with Crippen LogP contribution in [-0.2, 0) is 27.9 Å². The van der Waals surface area contributed by atoms with Gasteiger partial charge in [-0.3, -0.25) is 18.6 Å². The molecule has 47 heavy (non-hydrogen) atoms. The summed E-state index contributed by atoms with van der Waals surface area (Å²) in [6.45, 7) is 3.52. The van der Waals surface area contributed by atoms with Crippen LogP contribution in [0.5, 0.6) is 0 Å². The smallest absolute Gasteiger partial charge is 0.463 e. The first-order valence-electron chi connectivity index (χ1n) is 19.2. The number of aliphatic hydroxyl groups excluding tert-OH is 1. The van der Waals surface area contributed by atoms with Crippen molar-refractivity contribution >= 4 is 19.7 Å². The summed E-state index contributed by atoms with van der Waals surface area (Å²) in [5.74, 6) is -0.520. The molecule has 2 atom stereocenters. The van der Waals surface area contributed by atoms with Gasteiger partial charge in [0.05, 0.1) is 13.2 Å². The van der Waals surface area contributed by atoms with Gasteiger partial charge in [-0.15, -0.1) is 0 Å². The molecule has 1 amide bonds. The van der Waals surface area contributed by atoms with Gasteiger partial charge in [0.15, 0.2) is 0 Å². The molecule has 0 rings (SSSR count). The minimum Gasteiger partial charge on any atom is -0.463 e. The quantitative estimate of drug-likeness (QED) is 0.0256. The second-order valence-corrected chi connectivity index (χ2v) is 14.4. The largest absolute Gasteiger partial charge is 0.472 e. The van der Waals surface area contributed by atoms with Crippen molar-refractivity contribution in [1.29, 1.82) is 0 Å². The van der Waals surface area contributed by atoms with Gasteiger partial charge >= 0.3 is 13.8 Å². The Morgan fingerprint density at radius 1 is 0.638 bits per heavy atom. The van der Waals surface area contributed by atoms with E-state index in [0.29, 0.717) is 6.42 Å². The van der Waals surface area contributed by atoms with E-state index in [1.807, 2.05) is 0 Å². The summed E-state index contributed by atoms with van der Waals surface area (Å²) in [4.78, 5) is 33.7. The van der Waals surface area contributed by atoms with Gasteiger partial charge in [-0.2, -0.15) is 0 Å². The summed E-state index contributed by atoms with van der Waals surface area (Å²) in [6.07, 6.45) is 32.9. The summed E-state index contributed by atoms with van der Waals surface area (Å²) in [5.41, 5.74) is 0. The van der Waals surface area contributed by atoms with Crippen LogP contribution in [0.25, 0.3) is 0 Å². The molecule has 0 aromatic rings. The van der Waals surface area contributed by atoms with E-state index in [-0.39, 0.29) is 32.1 Å². The zero-order chi connectivity index (χ0) is 34.7. The molecule has 0 radical (unpaired) electrons. The molecule has 0 aromatic carbocycles. The Hall–Kier alpha value is -1.25. The third kappa shape index (κ3) is 35.9. The lowest BCUT2D eigenvalue weighted by Crippen LogP contribution is -2.27. The highest BCUT2D eigenvalue weighted by Gasteiger charge is 2.23. The molecular weight excluding hydrogens is 617 g/mol. The molecule has 278 valence electrons. The highest BCUT2D eigenvalue weighted by atomic mass is 31.2. The summed E-state index contributed by atoms with van der Waals surface area (Å²) in [7, 11) is -4.40. The van der Waals surface area contributed by atoms with Gasteiger partial charge in [0, 0.05) is 19.4 Å². The number of hydrogen-bond acceptors (Lipinski definition) is 7. The Balaban J connectivity index is 3.60. The fourth-order valence-corrected chi connectivity index (χ4v) is 6.01. The normalized spacial score (nSPS) is 13.5. The zero-order valence-electron chi connectivity index (χ0n) is 30.2. The molecule has 0 bridgehead atoms. The lowest BCUT2D eigenvalue weighted by atomic mass is 10.1. The van der Waals surface area contributed by atoms with Gasteiger partial charge < -0.3 is 20.1 Å². The van der Waals surface area contributed by atoms with E-state index in [2.05, 4.69) is 31.3 Å². The van der Waals surface area contributed by atoms with Crippen molar-refractivity contribution in [3.63, 3.8) is 0 Å². The number of hydrogen-bond donors (Lipinski definition) is 3. The van der Waals surface area contributed by atoms with Gasteiger partial charge in [0.25, 0.3) is 0 Å². The van der Waals surface area contributed by atoms with Crippen molar-refractivity contribution in [2.24, 2.45) is 0 Å². The second-order valence-electron chi connectivity index (χ2n) is 12.9. The Morgan fingerprint density at radius 2 is 1.09 bits per heavy atom. The predicted octanol–water partition coefficient (Wildman–Crippen LogP) is 9.88. The lowest BCUT2D eigenvalue weighted by Gasteiger charge is -2.15. The number of aliphatic hydroxyl groups is 1. The van der Waals surface area contributed by atoms with Crippen LogP contribution in [-0.4, -0.2) is 54.3 Å².